The molecule has 1 aromatic rings. The van der Waals surface area contributed by atoms with Gasteiger partial charge in [-0.15, -0.1) is 0 Å². The number of benzene rings is 1. The van der Waals surface area contributed by atoms with Gasteiger partial charge >= 0.3 is 0 Å². The molecule has 0 spiro atoms. The van der Waals surface area contributed by atoms with Gasteiger partial charge in [0.05, 0.1) is 16.3 Å². The van der Waals surface area contributed by atoms with Gasteiger partial charge in [0.1, 0.15) is 0 Å². The number of sulfone groups is 1. The van der Waals surface area contributed by atoms with Crippen molar-refractivity contribution < 1.29 is 8.42 Å². The topological polar surface area (TPSA) is 58.2 Å². The first kappa shape index (κ1) is 18.1. The number of hydrogen-bond donors (Lipinski definition) is 2. The molecule has 0 saturated heterocycles. The van der Waals surface area contributed by atoms with E-state index in [0.29, 0.717) is 11.3 Å². The molecule has 0 aromatic heterocycles. The minimum Gasteiger partial charge on any atom is -0.300 e. The molecule has 0 saturated carbocycles. The highest BCUT2D eigenvalue weighted by atomic mass is 32.2. The van der Waals surface area contributed by atoms with Crippen molar-refractivity contribution in [1.82, 2.24) is 10.6 Å². The molecule has 0 bridgehead atoms. The Morgan fingerprint density at radius 1 is 1.00 bits per heavy atom. The summed E-state index contributed by atoms with van der Waals surface area (Å²) in [5.74, 6) is 0.143. The smallest absolute Gasteiger partial charge is 0.178 e. The van der Waals surface area contributed by atoms with Crippen LogP contribution >= 0.6 is 0 Å². The lowest BCUT2D eigenvalue weighted by molar-refractivity contribution is 0.247. The summed E-state index contributed by atoms with van der Waals surface area (Å²) in [6, 6.07) is 7.07. The molecule has 0 aliphatic rings. The zero-order valence-corrected chi connectivity index (χ0v) is 14.4. The first-order chi connectivity index (χ1) is 9.89. The van der Waals surface area contributed by atoms with Gasteiger partial charge in [-0.25, -0.2) is 8.42 Å². The van der Waals surface area contributed by atoms with E-state index in [1.54, 1.807) is 12.1 Å². The lowest BCUT2D eigenvalue weighted by Gasteiger charge is -2.34. The minimum absolute atomic E-state index is 0.143. The maximum Gasteiger partial charge on any atom is 0.178 e. The molecule has 4 nitrogen and oxygen atoms in total. The monoisotopic (exact) mass is 312 g/mol. The number of rotatable bonds is 9. The Morgan fingerprint density at radius 3 is 1.95 bits per heavy atom. The molecular weight excluding hydrogens is 284 g/mol. The Hall–Kier alpha value is -0.910. The van der Waals surface area contributed by atoms with Crippen LogP contribution in [0.15, 0.2) is 29.2 Å². The van der Waals surface area contributed by atoms with Gasteiger partial charge in [-0.05, 0) is 45.0 Å². The van der Waals surface area contributed by atoms with Crippen molar-refractivity contribution in [3.8, 4) is 0 Å². The van der Waals surface area contributed by atoms with E-state index in [-0.39, 0.29) is 11.4 Å². The fourth-order valence-electron chi connectivity index (χ4n) is 2.51. The van der Waals surface area contributed by atoms with E-state index in [4.69, 9.17) is 0 Å². The third kappa shape index (κ3) is 5.09. The second-order valence-corrected chi connectivity index (χ2v) is 7.49. The predicted molar refractivity (Wildman–Crippen MR) is 88.2 cm³/mol. The molecule has 0 unspecified atom stereocenters. The van der Waals surface area contributed by atoms with Crippen molar-refractivity contribution in [3.63, 3.8) is 0 Å². The molecule has 120 valence electrons. The Balaban J connectivity index is 2.85. The van der Waals surface area contributed by atoms with Gasteiger partial charge in [0.15, 0.2) is 9.84 Å². The minimum atomic E-state index is -3.24. The van der Waals surface area contributed by atoms with Gasteiger partial charge < -0.3 is 0 Å². The highest BCUT2D eigenvalue weighted by molar-refractivity contribution is 7.91. The molecule has 0 aliphatic carbocycles. The third-order valence-electron chi connectivity index (χ3n) is 3.81. The van der Waals surface area contributed by atoms with Crippen molar-refractivity contribution in [3.05, 3.63) is 29.8 Å². The quantitative estimate of drug-likeness (QED) is 0.688. The highest BCUT2D eigenvalue weighted by Crippen LogP contribution is 2.18. The SMILES string of the molecule is CCNC(CC)(CCS(=O)(=O)c1ccc(C)cc1)NCC. The fraction of sp³-hybridized carbons (Fsp3) is 0.625. The fourth-order valence-corrected chi connectivity index (χ4v) is 3.92. The van der Waals surface area contributed by atoms with Crippen molar-refractivity contribution in [1.29, 1.82) is 0 Å². The lowest BCUT2D eigenvalue weighted by Crippen LogP contribution is -2.57. The summed E-state index contributed by atoms with van der Waals surface area (Å²) in [4.78, 5) is 0.408. The largest absolute Gasteiger partial charge is 0.300 e. The Morgan fingerprint density at radius 2 is 1.52 bits per heavy atom. The van der Waals surface area contributed by atoms with E-state index >= 15 is 0 Å². The van der Waals surface area contributed by atoms with Crippen molar-refractivity contribution in [2.75, 3.05) is 18.8 Å². The van der Waals surface area contributed by atoms with Crippen molar-refractivity contribution >= 4 is 9.84 Å². The van der Waals surface area contributed by atoms with Crippen LogP contribution in [0.1, 0.15) is 39.2 Å². The number of aryl methyl sites for hydroxylation is 1. The van der Waals surface area contributed by atoms with Gasteiger partial charge in [0.25, 0.3) is 0 Å². The van der Waals surface area contributed by atoms with Crippen LogP contribution in [0.25, 0.3) is 0 Å². The molecule has 1 rings (SSSR count). The van der Waals surface area contributed by atoms with E-state index < -0.39 is 9.84 Å². The standard InChI is InChI=1S/C16H28N2O2S/c1-5-16(17-6-2,18-7-3)12-13-21(19,20)15-10-8-14(4)9-11-15/h8-11,17-18H,5-7,12-13H2,1-4H3. The lowest BCUT2D eigenvalue weighted by atomic mass is 10.0. The van der Waals surface area contributed by atoms with E-state index in [1.165, 1.54) is 0 Å². The molecule has 1 aromatic carbocycles. The van der Waals surface area contributed by atoms with E-state index in [2.05, 4.69) is 17.6 Å². The van der Waals surface area contributed by atoms with Crippen LogP contribution in [-0.4, -0.2) is 32.9 Å². The molecule has 2 N–H and O–H groups in total. The Bertz CT molecular complexity index is 518. The van der Waals surface area contributed by atoms with Gasteiger partial charge in [-0.2, -0.15) is 0 Å². The van der Waals surface area contributed by atoms with E-state index in [0.717, 1.165) is 25.1 Å². The molecule has 0 radical (unpaired) electrons. The summed E-state index contributed by atoms with van der Waals surface area (Å²) in [6.45, 7) is 9.72. The van der Waals surface area contributed by atoms with Crippen LogP contribution in [0.5, 0.6) is 0 Å². The van der Waals surface area contributed by atoms with Gasteiger partial charge in [-0.1, -0.05) is 38.5 Å². The van der Waals surface area contributed by atoms with Crippen LogP contribution in [0.4, 0.5) is 0 Å². The number of nitrogens with one attached hydrogen (secondary N) is 2. The maximum atomic E-state index is 12.5. The summed E-state index contributed by atoms with van der Waals surface area (Å²) in [5.41, 5.74) is 0.763. The molecule has 0 fully saturated rings. The molecule has 0 heterocycles. The average molecular weight is 312 g/mol. The summed E-state index contributed by atoms with van der Waals surface area (Å²) in [7, 11) is -3.24. The molecule has 21 heavy (non-hydrogen) atoms. The zero-order valence-electron chi connectivity index (χ0n) is 13.6. The van der Waals surface area contributed by atoms with Gasteiger partial charge in [0, 0.05) is 0 Å². The molecule has 0 atom stereocenters. The van der Waals surface area contributed by atoms with Gasteiger partial charge in [-0.3, -0.25) is 10.6 Å². The van der Waals surface area contributed by atoms with Crippen LogP contribution in [0.2, 0.25) is 0 Å². The number of hydrogen-bond acceptors (Lipinski definition) is 4. The van der Waals surface area contributed by atoms with Crippen LogP contribution in [0.3, 0.4) is 0 Å². The van der Waals surface area contributed by atoms with Crippen molar-refractivity contribution in [2.24, 2.45) is 0 Å². The van der Waals surface area contributed by atoms with E-state index in [1.807, 2.05) is 32.9 Å². The second-order valence-electron chi connectivity index (χ2n) is 5.38. The molecular formula is C16H28N2O2S. The third-order valence-corrected chi connectivity index (χ3v) is 5.54. The van der Waals surface area contributed by atoms with Crippen LogP contribution < -0.4 is 10.6 Å². The predicted octanol–water partition coefficient (Wildman–Crippen LogP) is 2.48. The van der Waals surface area contributed by atoms with Crippen LogP contribution in [0, 0.1) is 6.92 Å². The normalized spacial score (nSPS) is 12.6. The van der Waals surface area contributed by atoms with Crippen LogP contribution in [-0.2, 0) is 9.84 Å². The van der Waals surface area contributed by atoms with E-state index in [9.17, 15) is 8.42 Å². The molecule has 5 heteroatoms. The first-order valence-corrected chi connectivity index (χ1v) is 9.34. The zero-order chi connectivity index (χ0) is 15.9. The maximum absolute atomic E-state index is 12.5. The second kappa shape index (κ2) is 7.92. The summed E-state index contributed by atoms with van der Waals surface area (Å²) in [6.07, 6.45) is 1.40. The molecule has 0 amide bonds. The van der Waals surface area contributed by atoms with Gasteiger partial charge in [0.2, 0.25) is 0 Å². The first-order valence-electron chi connectivity index (χ1n) is 7.68. The molecule has 0 aliphatic heterocycles. The van der Waals surface area contributed by atoms with Crippen molar-refractivity contribution in [2.45, 2.75) is 51.1 Å². The highest BCUT2D eigenvalue weighted by Gasteiger charge is 2.28. The Kier molecular flexibility index (Phi) is 6.84. The summed E-state index contributed by atoms with van der Waals surface area (Å²) < 4.78 is 24.9. The summed E-state index contributed by atoms with van der Waals surface area (Å²) in [5, 5.41) is 6.81. The Labute approximate surface area is 129 Å². The summed E-state index contributed by atoms with van der Waals surface area (Å²) >= 11 is 0. The average Bonchev–Trinajstić information content (AvgIpc) is 2.46.